The van der Waals surface area contributed by atoms with Crippen LogP contribution in [0.4, 0.5) is 0 Å². The van der Waals surface area contributed by atoms with Crippen LogP contribution in [-0.2, 0) is 4.79 Å². The van der Waals surface area contributed by atoms with Crippen molar-refractivity contribution < 1.29 is 4.79 Å². The summed E-state index contributed by atoms with van der Waals surface area (Å²) in [5, 5.41) is 0. The van der Waals surface area contributed by atoms with E-state index in [1.165, 1.54) is 12.8 Å². The van der Waals surface area contributed by atoms with Gasteiger partial charge in [0.05, 0.1) is 6.54 Å². The Hall–Kier alpha value is -0.320. The molecule has 0 aromatic carbocycles. The van der Waals surface area contributed by atoms with Gasteiger partial charge >= 0.3 is 0 Å². The second kappa shape index (κ2) is 10.4. The second-order valence-electron chi connectivity index (χ2n) is 6.94. The third-order valence-electron chi connectivity index (χ3n) is 3.88. The highest BCUT2D eigenvalue weighted by molar-refractivity contribution is 5.85. The number of halogens is 1. The smallest absolute Gasteiger partial charge is 0.236 e. The van der Waals surface area contributed by atoms with Crippen molar-refractivity contribution in [2.24, 2.45) is 17.6 Å². The van der Waals surface area contributed by atoms with Gasteiger partial charge in [0.2, 0.25) is 5.91 Å². The standard InChI is InChI=1S/C16H33N3O.ClH/c1-13(2)10-19(11-14(3)4)16(20)12-18-8-6-5-7-15(18)9-17;/h13-15H,5-12,17H2,1-4H3;1H. The van der Waals surface area contributed by atoms with Crippen molar-refractivity contribution in [1.82, 2.24) is 9.80 Å². The number of likely N-dealkylation sites (tertiary alicyclic amines) is 1. The normalized spacial score (nSPS) is 19.7. The molecule has 126 valence electrons. The number of hydrogen-bond donors (Lipinski definition) is 1. The van der Waals surface area contributed by atoms with Crippen molar-refractivity contribution >= 4 is 18.3 Å². The number of rotatable bonds is 7. The fourth-order valence-corrected chi connectivity index (χ4v) is 2.97. The molecule has 0 radical (unpaired) electrons. The summed E-state index contributed by atoms with van der Waals surface area (Å²) < 4.78 is 0. The molecule has 2 N–H and O–H groups in total. The zero-order valence-corrected chi connectivity index (χ0v) is 15.0. The van der Waals surface area contributed by atoms with Crippen LogP contribution in [0, 0.1) is 11.8 Å². The van der Waals surface area contributed by atoms with Crippen LogP contribution in [-0.4, -0.2) is 54.5 Å². The molecule has 1 aliphatic heterocycles. The van der Waals surface area contributed by atoms with Gasteiger partial charge in [-0.2, -0.15) is 0 Å². The van der Waals surface area contributed by atoms with E-state index in [9.17, 15) is 4.79 Å². The first-order chi connectivity index (χ1) is 9.43. The van der Waals surface area contributed by atoms with E-state index in [2.05, 4.69) is 32.6 Å². The van der Waals surface area contributed by atoms with Crippen LogP contribution in [0.2, 0.25) is 0 Å². The molecule has 1 aliphatic rings. The summed E-state index contributed by atoms with van der Waals surface area (Å²) >= 11 is 0. The summed E-state index contributed by atoms with van der Waals surface area (Å²) in [4.78, 5) is 16.9. The Kier molecular flexibility index (Phi) is 10.3. The number of nitrogens with zero attached hydrogens (tertiary/aromatic N) is 2. The number of carbonyl (C=O) groups excluding carboxylic acids is 1. The van der Waals surface area contributed by atoms with Crippen LogP contribution in [0.1, 0.15) is 47.0 Å². The van der Waals surface area contributed by atoms with Crippen molar-refractivity contribution in [2.45, 2.75) is 53.0 Å². The van der Waals surface area contributed by atoms with Crippen molar-refractivity contribution in [3.05, 3.63) is 0 Å². The zero-order chi connectivity index (χ0) is 15.1. The molecule has 0 bridgehead atoms. The van der Waals surface area contributed by atoms with Gasteiger partial charge in [0, 0.05) is 25.7 Å². The average Bonchev–Trinajstić information content (AvgIpc) is 2.37. The van der Waals surface area contributed by atoms with Gasteiger partial charge in [-0.25, -0.2) is 0 Å². The van der Waals surface area contributed by atoms with E-state index in [-0.39, 0.29) is 18.3 Å². The van der Waals surface area contributed by atoms with Gasteiger partial charge in [-0.3, -0.25) is 9.69 Å². The molecule has 4 nitrogen and oxygen atoms in total. The molecule has 1 heterocycles. The maximum atomic E-state index is 12.6. The number of carbonyl (C=O) groups is 1. The first-order valence-electron chi connectivity index (χ1n) is 8.16. The molecule has 0 aromatic rings. The zero-order valence-electron chi connectivity index (χ0n) is 14.2. The van der Waals surface area contributed by atoms with E-state index in [1.807, 2.05) is 4.90 Å². The first kappa shape index (κ1) is 20.7. The summed E-state index contributed by atoms with van der Waals surface area (Å²) in [6.07, 6.45) is 3.57. The van der Waals surface area contributed by atoms with E-state index in [0.717, 1.165) is 26.1 Å². The lowest BCUT2D eigenvalue weighted by atomic mass is 10.0. The van der Waals surface area contributed by atoms with E-state index in [4.69, 9.17) is 5.73 Å². The van der Waals surface area contributed by atoms with Crippen molar-refractivity contribution in [2.75, 3.05) is 32.7 Å². The third-order valence-corrected chi connectivity index (χ3v) is 3.88. The molecule has 0 spiro atoms. The van der Waals surface area contributed by atoms with E-state index >= 15 is 0 Å². The Morgan fingerprint density at radius 1 is 1.19 bits per heavy atom. The molecule has 0 aromatic heterocycles. The van der Waals surface area contributed by atoms with Crippen molar-refractivity contribution in [3.8, 4) is 0 Å². The maximum absolute atomic E-state index is 12.6. The Morgan fingerprint density at radius 3 is 2.24 bits per heavy atom. The highest BCUT2D eigenvalue weighted by Crippen LogP contribution is 2.16. The third kappa shape index (κ3) is 7.48. The molecule has 1 saturated heterocycles. The molecular formula is C16H34ClN3O. The van der Waals surface area contributed by atoms with Gasteiger partial charge in [-0.05, 0) is 31.2 Å². The van der Waals surface area contributed by atoms with Gasteiger partial charge in [0.25, 0.3) is 0 Å². The quantitative estimate of drug-likeness (QED) is 0.783. The van der Waals surface area contributed by atoms with Crippen LogP contribution in [0.15, 0.2) is 0 Å². The summed E-state index contributed by atoms with van der Waals surface area (Å²) in [5.41, 5.74) is 5.84. The summed E-state index contributed by atoms with van der Waals surface area (Å²) in [6.45, 7) is 12.6. The molecule has 0 aliphatic carbocycles. The molecule has 1 rings (SSSR count). The molecule has 1 amide bonds. The molecule has 1 fully saturated rings. The predicted molar refractivity (Wildman–Crippen MR) is 91.8 cm³/mol. The lowest BCUT2D eigenvalue weighted by Gasteiger charge is -2.36. The highest BCUT2D eigenvalue weighted by atomic mass is 35.5. The van der Waals surface area contributed by atoms with Crippen LogP contribution in [0.3, 0.4) is 0 Å². The molecular weight excluding hydrogens is 286 g/mol. The fraction of sp³-hybridized carbons (Fsp3) is 0.938. The monoisotopic (exact) mass is 319 g/mol. The van der Waals surface area contributed by atoms with E-state index in [0.29, 0.717) is 31.0 Å². The van der Waals surface area contributed by atoms with Gasteiger partial charge in [-0.15, -0.1) is 12.4 Å². The second-order valence-corrected chi connectivity index (χ2v) is 6.94. The number of nitrogens with two attached hydrogens (primary N) is 1. The lowest BCUT2D eigenvalue weighted by Crippen LogP contribution is -2.50. The SMILES string of the molecule is CC(C)CN(CC(C)C)C(=O)CN1CCCCC1CN.Cl. The Bertz CT molecular complexity index is 287. The summed E-state index contributed by atoms with van der Waals surface area (Å²) in [7, 11) is 0. The Labute approximate surface area is 136 Å². The molecule has 1 unspecified atom stereocenters. The predicted octanol–water partition coefficient (Wildman–Crippen LogP) is 2.36. The number of amides is 1. The molecule has 0 saturated carbocycles. The maximum Gasteiger partial charge on any atom is 0.236 e. The minimum atomic E-state index is 0. The van der Waals surface area contributed by atoms with E-state index in [1.54, 1.807) is 0 Å². The Morgan fingerprint density at radius 2 is 1.76 bits per heavy atom. The fourth-order valence-electron chi connectivity index (χ4n) is 2.97. The van der Waals surface area contributed by atoms with Crippen LogP contribution in [0.5, 0.6) is 0 Å². The van der Waals surface area contributed by atoms with Crippen LogP contribution >= 0.6 is 12.4 Å². The topological polar surface area (TPSA) is 49.6 Å². The van der Waals surface area contributed by atoms with Crippen LogP contribution in [0.25, 0.3) is 0 Å². The van der Waals surface area contributed by atoms with Crippen molar-refractivity contribution in [1.29, 1.82) is 0 Å². The number of hydrogen-bond acceptors (Lipinski definition) is 3. The Balaban J connectivity index is 0.00000400. The minimum absolute atomic E-state index is 0. The number of piperidine rings is 1. The molecule has 5 heteroatoms. The van der Waals surface area contributed by atoms with Gasteiger partial charge < -0.3 is 10.6 Å². The summed E-state index contributed by atoms with van der Waals surface area (Å²) in [6, 6.07) is 0.396. The van der Waals surface area contributed by atoms with Gasteiger partial charge in [0.15, 0.2) is 0 Å². The van der Waals surface area contributed by atoms with Crippen LogP contribution < -0.4 is 5.73 Å². The average molecular weight is 320 g/mol. The largest absolute Gasteiger partial charge is 0.341 e. The highest BCUT2D eigenvalue weighted by Gasteiger charge is 2.25. The minimum Gasteiger partial charge on any atom is -0.341 e. The van der Waals surface area contributed by atoms with Gasteiger partial charge in [-0.1, -0.05) is 34.1 Å². The van der Waals surface area contributed by atoms with Gasteiger partial charge in [0.1, 0.15) is 0 Å². The van der Waals surface area contributed by atoms with Crippen molar-refractivity contribution in [3.63, 3.8) is 0 Å². The summed E-state index contributed by atoms with van der Waals surface area (Å²) in [5.74, 6) is 1.31. The van der Waals surface area contributed by atoms with E-state index < -0.39 is 0 Å². The molecule has 21 heavy (non-hydrogen) atoms. The molecule has 1 atom stereocenters. The first-order valence-corrected chi connectivity index (χ1v) is 8.16. The lowest BCUT2D eigenvalue weighted by molar-refractivity contribution is -0.134.